The van der Waals surface area contributed by atoms with E-state index < -0.39 is 22.2 Å². The van der Waals surface area contributed by atoms with Gasteiger partial charge in [-0.3, -0.25) is 9.59 Å². The number of ether oxygens (including phenoxy) is 1. The maximum atomic E-state index is 12.6. The standard InChI is InChI=1S/C30H32N4O5S/c1-23(30(36)39-2)32-40(37,38)34-19-17-33(18-20-34)28-15-13-24(14-16-28)11-12-25-9-6-10-27(21-25)29(35)31-22-26-7-4-3-5-8-26/h3-10,13-16,21,23,32H,17-20,22H2,1-2H3,(H,31,35)/t23-/m1/s1. The number of methoxy groups -OCH3 is 1. The third-order valence-electron chi connectivity index (χ3n) is 6.46. The Labute approximate surface area is 235 Å². The van der Waals surface area contributed by atoms with E-state index in [-0.39, 0.29) is 5.91 Å². The molecule has 9 nitrogen and oxygen atoms in total. The van der Waals surface area contributed by atoms with E-state index in [4.69, 9.17) is 0 Å². The number of esters is 1. The van der Waals surface area contributed by atoms with E-state index in [0.29, 0.717) is 38.3 Å². The van der Waals surface area contributed by atoms with Gasteiger partial charge in [-0.1, -0.05) is 48.2 Å². The van der Waals surface area contributed by atoms with Crippen molar-refractivity contribution < 1.29 is 22.7 Å². The average molecular weight is 561 g/mol. The lowest BCUT2D eigenvalue weighted by molar-refractivity contribution is -0.142. The number of nitrogens with one attached hydrogen (secondary N) is 2. The molecule has 1 aliphatic heterocycles. The first-order valence-electron chi connectivity index (χ1n) is 12.9. The molecule has 1 atom stereocenters. The van der Waals surface area contributed by atoms with Gasteiger partial charge >= 0.3 is 5.97 Å². The molecule has 1 heterocycles. The summed E-state index contributed by atoms with van der Waals surface area (Å²) in [5.41, 5.74) is 4.11. The molecular weight excluding hydrogens is 528 g/mol. The molecule has 1 saturated heterocycles. The molecule has 3 aromatic rings. The van der Waals surface area contributed by atoms with Crippen LogP contribution in [0.4, 0.5) is 5.69 Å². The highest BCUT2D eigenvalue weighted by Gasteiger charge is 2.30. The summed E-state index contributed by atoms with van der Waals surface area (Å²) in [4.78, 5) is 26.2. The lowest BCUT2D eigenvalue weighted by Gasteiger charge is -2.35. The maximum absolute atomic E-state index is 12.6. The van der Waals surface area contributed by atoms with Crippen molar-refractivity contribution in [2.75, 3.05) is 38.2 Å². The minimum absolute atomic E-state index is 0.154. The van der Waals surface area contributed by atoms with Crippen molar-refractivity contribution in [1.29, 1.82) is 0 Å². The predicted octanol–water partition coefficient (Wildman–Crippen LogP) is 2.53. The molecule has 3 aromatic carbocycles. The Morgan fingerprint density at radius 3 is 2.25 bits per heavy atom. The SMILES string of the molecule is COC(=O)[C@@H](C)NS(=O)(=O)N1CCN(c2ccc(C#Cc3cccc(C(=O)NCc4ccccc4)c3)cc2)CC1. The number of benzene rings is 3. The highest BCUT2D eigenvalue weighted by atomic mass is 32.2. The zero-order valence-corrected chi connectivity index (χ0v) is 23.3. The Bertz CT molecular complexity index is 1490. The molecule has 40 heavy (non-hydrogen) atoms. The second kappa shape index (κ2) is 13.3. The van der Waals surface area contributed by atoms with E-state index in [0.717, 1.165) is 22.4 Å². The summed E-state index contributed by atoms with van der Waals surface area (Å²) in [5, 5.41) is 2.93. The smallest absolute Gasteiger partial charge is 0.323 e. The van der Waals surface area contributed by atoms with E-state index in [2.05, 4.69) is 31.5 Å². The van der Waals surface area contributed by atoms with Crippen molar-refractivity contribution in [3.05, 3.63) is 101 Å². The summed E-state index contributed by atoms with van der Waals surface area (Å²) in [7, 11) is -2.58. The first kappa shape index (κ1) is 28.8. The Morgan fingerprint density at radius 1 is 0.900 bits per heavy atom. The highest BCUT2D eigenvalue weighted by molar-refractivity contribution is 7.87. The van der Waals surface area contributed by atoms with Gasteiger partial charge in [0.2, 0.25) is 0 Å². The summed E-state index contributed by atoms with van der Waals surface area (Å²) in [6, 6.07) is 23.8. The van der Waals surface area contributed by atoms with Crippen LogP contribution in [0.1, 0.15) is 34.0 Å². The van der Waals surface area contributed by atoms with Gasteiger partial charge in [0.1, 0.15) is 6.04 Å². The van der Waals surface area contributed by atoms with Crippen LogP contribution >= 0.6 is 0 Å². The van der Waals surface area contributed by atoms with Gasteiger partial charge in [-0.05, 0) is 55.0 Å². The number of piperazine rings is 1. The van der Waals surface area contributed by atoms with Gasteiger partial charge in [-0.25, -0.2) is 0 Å². The zero-order valence-electron chi connectivity index (χ0n) is 22.5. The molecule has 0 unspecified atom stereocenters. The molecule has 4 rings (SSSR count). The van der Waals surface area contributed by atoms with Gasteiger partial charge in [0.25, 0.3) is 16.1 Å². The van der Waals surface area contributed by atoms with Crippen molar-refractivity contribution in [3.63, 3.8) is 0 Å². The van der Waals surface area contributed by atoms with Crippen LogP contribution in [-0.2, 0) is 26.3 Å². The normalized spacial score (nSPS) is 14.5. The Morgan fingerprint density at radius 2 is 1.57 bits per heavy atom. The number of amides is 1. The molecule has 1 amide bonds. The lowest BCUT2D eigenvalue weighted by Crippen LogP contribution is -2.54. The van der Waals surface area contributed by atoms with E-state index in [1.54, 1.807) is 12.1 Å². The van der Waals surface area contributed by atoms with Crippen LogP contribution < -0.4 is 14.9 Å². The van der Waals surface area contributed by atoms with Crippen molar-refractivity contribution in [2.45, 2.75) is 19.5 Å². The summed E-state index contributed by atoms with van der Waals surface area (Å²) >= 11 is 0. The molecule has 0 saturated carbocycles. The Kier molecular flexibility index (Phi) is 9.56. The molecule has 0 aromatic heterocycles. The molecule has 0 bridgehead atoms. The van der Waals surface area contributed by atoms with Crippen LogP contribution in [0.25, 0.3) is 0 Å². The minimum atomic E-state index is -3.80. The summed E-state index contributed by atoms with van der Waals surface area (Å²) in [6.07, 6.45) is 0. The predicted molar refractivity (Wildman–Crippen MR) is 154 cm³/mol. The second-order valence-corrected chi connectivity index (χ2v) is 11.0. The first-order chi connectivity index (χ1) is 19.2. The first-order valence-corrected chi connectivity index (χ1v) is 14.3. The van der Waals surface area contributed by atoms with Crippen molar-refractivity contribution >= 4 is 27.8 Å². The van der Waals surface area contributed by atoms with Gasteiger partial charge in [-0.2, -0.15) is 17.4 Å². The van der Waals surface area contributed by atoms with Crippen LogP contribution in [0.5, 0.6) is 0 Å². The second-order valence-electron chi connectivity index (χ2n) is 9.30. The van der Waals surface area contributed by atoms with Gasteiger partial charge in [-0.15, -0.1) is 0 Å². The number of rotatable bonds is 8. The van der Waals surface area contributed by atoms with Gasteiger partial charge in [0, 0.05) is 55.1 Å². The summed E-state index contributed by atoms with van der Waals surface area (Å²) in [5.74, 6) is 5.47. The molecule has 2 N–H and O–H groups in total. The van der Waals surface area contributed by atoms with Crippen LogP contribution in [0.2, 0.25) is 0 Å². The van der Waals surface area contributed by atoms with Crippen LogP contribution in [0.15, 0.2) is 78.9 Å². The molecule has 0 aliphatic carbocycles. The van der Waals surface area contributed by atoms with Gasteiger partial charge in [0.15, 0.2) is 0 Å². The molecule has 1 fully saturated rings. The van der Waals surface area contributed by atoms with E-state index in [1.807, 2.05) is 66.7 Å². The quantitative estimate of drug-likeness (QED) is 0.324. The third-order valence-corrected chi connectivity index (χ3v) is 8.16. The number of anilines is 1. The molecule has 208 valence electrons. The highest BCUT2D eigenvalue weighted by Crippen LogP contribution is 2.18. The van der Waals surface area contributed by atoms with Crippen LogP contribution in [0.3, 0.4) is 0 Å². The number of carbonyl (C=O) groups is 2. The van der Waals surface area contributed by atoms with Crippen molar-refractivity contribution in [3.8, 4) is 11.8 Å². The third kappa shape index (κ3) is 7.70. The zero-order chi connectivity index (χ0) is 28.5. The summed E-state index contributed by atoms with van der Waals surface area (Å²) in [6.45, 7) is 3.51. The summed E-state index contributed by atoms with van der Waals surface area (Å²) < 4.78 is 33.5. The van der Waals surface area contributed by atoms with Crippen molar-refractivity contribution in [2.24, 2.45) is 0 Å². The minimum Gasteiger partial charge on any atom is -0.468 e. The fourth-order valence-electron chi connectivity index (χ4n) is 4.23. The topological polar surface area (TPSA) is 108 Å². The van der Waals surface area contributed by atoms with Gasteiger partial charge in [0.05, 0.1) is 7.11 Å². The molecule has 0 radical (unpaired) electrons. The lowest BCUT2D eigenvalue weighted by atomic mass is 10.1. The average Bonchev–Trinajstić information content (AvgIpc) is 2.99. The Balaban J connectivity index is 1.32. The maximum Gasteiger partial charge on any atom is 0.323 e. The van der Waals surface area contributed by atoms with Crippen molar-refractivity contribution in [1.82, 2.24) is 14.3 Å². The Hall–Kier alpha value is -4.17. The number of hydrogen-bond donors (Lipinski definition) is 2. The number of carbonyl (C=O) groups excluding carboxylic acids is 2. The van der Waals surface area contributed by atoms with Gasteiger partial charge < -0.3 is 15.0 Å². The number of nitrogens with zero attached hydrogens (tertiary/aromatic N) is 2. The molecule has 1 aliphatic rings. The van der Waals surface area contributed by atoms with Crippen LogP contribution in [0, 0.1) is 11.8 Å². The van der Waals surface area contributed by atoms with E-state index in [9.17, 15) is 18.0 Å². The molecule has 0 spiro atoms. The van der Waals surface area contributed by atoms with E-state index >= 15 is 0 Å². The van der Waals surface area contributed by atoms with E-state index in [1.165, 1.54) is 18.3 Å². The molecular formula is C30H32N4O5S. The largest absolute Gasteiger partial charge is 0.468 e. The number of hydrogen-bond acceptors (Lipinski definition) is 6. The fourth-order valence-corrected chi connectivity index (χ4v) is 5.56. The molecule has 10 heteroatoms. The fraction of sp³-hybridized carbons (Fsp3) is 0.267. The monoisotopic (exact) mass is 560 g/mol. The van der Waals surface area contributed by atoms with Crippen LogP contribution in [-0.4, -0.2) is 63.9 Å².